The summed E-state index contributed by atoms with van der Waals surface area (Å²) in [7, 11) is 0.741. The van der Waals surface area contributed by atoms with Crippen LogP contribution in [-0.2, 0) is 14.6 Å². The Morgan fingerprint density at radius 1 is 1.23 bits per heavy atom. The van der Waals surface area contributed by atoms with E-state index in [4.69, 9.17) is 0 Å². The molecule has 2 rings (SSSR count). The predicted molar refractivity (Wildman–Crippen MR) is 116 cm³/mol. The normalized spacial score (nSPS) is 24.0. The third kappa shape index (κ3) is 6.24. The molecule has 1 aliphatic carbocycles. The van der Waals surface area contributed by atoms with Crippen molar-refractivity contribution < 1.29 is 13.2 Å². The lowest BCUT2D eigenvalue weighted by atomic mass is 9.85. The van der Waals surface area contributed by atoms with Gasteiger partial charge in [0, 0.05) is 27.2 Å². The molecule has 0 aromatic rings. The van der Waals surface area contributed by atoms with Crippen molar-refractivity contribution in [1.29, 1.82) is 0 Å². The Labute approximate surface area is 174 Å². The average molecular weight is 500 g/mol. The van der Waals surface area contributed by atoms with Gasteiger partial charge in [0.15, 0.2) is 15.8 Å². The van der Waals surface area contributed by atoms with Gasteiger partial charge in [-0.05, 0) is 32.1 Å². The molecule has 1 aliphatic heterocycles. The summed E-state index contributed by atoms with van der Waals surface area (Å²) in [6.45, 7) is 3.79. The maximum Gasteiger partial charge on any atom is 0.230 e. The first kappa shape index (κ1) is 23.5. The molecule has 2 aliphatic rings. The van der Waals surface area contributed by atoms with E-state index in [1.165, 1.54) is 0 Å². The molecule has 0 aromatic heterocycles. The Balaban J connectivity index is 0.00000338. The third-order valence-electron chi connectivity index (χ3n) is 5.19. The lowest BCUT2D eigenvalue weighted by molar-refractivity contribution is -0.138. The topological polar surface area (TPSA) is 90.9 Å². The summed E-state index contributed by atoms with van der Waals surface area (Å²) in [5, 5.41) is 6.46. The first-order valence-electron chi connectivity index (χ1n) is 9.22. The highest BCUT2D eigenvalue weighted by Gasteiger charge is 2.42. The number of sulfone groups is 1. The van der Waals surface area contributed by atoms with Gasteiger partial charge in [0.25, 0.3) is 0 Å². The number of halogens is 1. The summed E-state index contributed by atoms with van der Waals surface area (Å²) in [4.78, 5) is 19.0. The molecular formula is C17H33IN4O3S. The van der Waals surface area contributed by atoms with Crippen LogP contribution in [0.25, 0.3) is 0 Å². The van der Waals surface area contributed by atoms with Crippen molar-refractivity contribution in [1.82, 2.24) is 15.5 Å². The molecule has 152 valence electrons. The molecule has 0 aromatic carbocycles. The van der Waals surface area contributed by atoms with Gasteiger partial charge in [0.1, 0.15) is 0 Å². The second kappa shape index (κ2) is 10.1. The van der Waals surface area contributed by atoms with Crippen LogP contribution in [-0.4, -0.2) is 70.4 Å². The summed E-state index contributed by atoms with van der Waals surface area (Å²) >= 11 is 0. The van der Waals surface area contributed by atoms with E-state index >= 15 is 0 Å². The maximum atomic E-state index is 12.6. The van der Waals surface area contributed by atoms with Crippen molar-refractivity contribution in [3.8, 4) is 0 Å². The molecule has 0 bridgehead atoms. The van der Waals surface area contributed by atoms with Gasteiger partial charge >= 0.3 is 0 Å². The molecule has 1 unspecified atom stereocenters. The molecule has 1 amide bonds. The van der Waals surface area contributed by atoms with E-state index in [-0.39, 0.29) is 52.7 Å². The summed E-state index contributed by atoms with van der Waals surface area (Å²) in [6.07, 6.45) is 4.61. The van der Waals surface area contributed by atoms with Crippen LogP contribution in [0.4, 0.5) is 0 Å². The number of aliphatic imine (C=N–C) groups is 1. The van der Waals surface area contributed by atoms with Crippen molar-refractivity contribution in [3.05, 3.63) is 0 Å². The fourth-order valence-electron chi connectivity index (χ4n) is 3.81. The molecule has 1 atom stereocenters. The van der Waals surface area contributed by atoms with Crippen molar-refractivity contribution >= 4 is 45.7 Å². The summed E-state index contributed by atoms with van der Waals surface area (Å²) in [5.74, 6) is 1.50. The average Bonchev–Trinajstić information content (AvgIpc) is 3.16. The lowest BCUT2D eigenvalue weighted by Crippen LogP contribution is -2.43. The van der Waals surface area contributed by atoms with Crippen LogP contribution in [0.15, 0.2) is 4.99 Å². The van der Waals surface area contributed by atoms with E-state index < -0.39 is 9.84 Å². The summed E-state index contributed by atoms with van der Waals surface area (Å²) in [6, 6.07) is 0. The molecule has 1 saturated carbocycles. The van der Waals surface area contributed by atoms with Crippen LogP contribution in [0.2, 0.25) is 0 Å². The number of hydrogen-bond acceptors (Lipinski definition) is 4. The van der Waals surface area contributed by atoms with E-state index in [2.05, 4.69) is 15.6 Å². The molecule has 26 heavy (non-hydrogen) atoms. The van der Waals surface area contributed by atoms with E-state index in [0.29, 0.717) is 25.5 Å². The third-order valence-corrected chi connectivity index (χ3v) is 7.03. The summed E-state index contributed by atoms with van der Waals surface area (Å²) in [5.41, 5.74) is -0.386. The Morgan fingerprint density at radius 3 is 2.38 bits per heavy atom. The highest BCUT2D eigenvalue weighted by molar-refractivity contribution is 14.0. The van der Waals surface area contributed by atoms with Crippen LogP contribution in [0, 0.1) is 11.3 Å². The minimum Gasteiger partial charge on any atom is -0.357 e. The minimum absolute atomic E-state index is 0. The molecule has 7 nitrogen and oxygen atoms in total. The van der Waals surface area contributed by atoms with Crippen molar-refractivity contribution in [2.75, 3.05) is 45.2 Å². The Bertz CT molecular complexity index is 601. The highest BCUT2D eigenvalue weighted by atomic mass is 127. The first-order chi connectivity index (χ1) is 11.8. The van der Waals surface area contributed by atoms with E-state index in [1.807, 2.05) is 6.92 Å². The Morgan fingerprint density at radius 2 is 1.88 bits per heavy atom. The zero-order valence-corrected chi connectivity index (χ0v) is 19.2. The van der Waals surface area contributed by atoms with E-state index in [0.717, 1.165) is 32.2 Å². The summed E-state index contributed by atoms with van der Waals surface area (Å²) < 4.78 is 23.2. The molecule has 2 fully saturated rings. The predicted octanol–water partition coefficient (Wildman–Crippen LogP) is 1.24. The van der Waals surface area contributed by atoms with Gasteiger partial charge in [-0.15, -0.1) is 24.0 Å². The fraction of sp³-hybridized carbons (Fsp3) is 0.882. The van der Waals surface area contributed by atoms with Crippen LogP contribution in [0.1, 0.15) is 39.0 Å². The van der Waals surface area contributed by atoms with Gasteiger partial charge in [0.05, 0.1) is 23.5 Å². The largest absolute Gasteiger partial charge is 0.357 e. The highest BCUT2D eigenvalue weighted by Crippen LogP contribution is 2.39. The Hall–Kier alpha value is -0.580. The smallest absolute Gasteiger partial charge is 0.230 e. The van der Waals surface area contributed by atoms with Crippen LogP contribution < -0.4 is 10.6 Å². The van der Waals surface area contributed by atoms with Gasteiger partial charge in [-0.1, -0.05) is 12.8 Å². The SMILES string of the molecule is CCNC(=NCC1(C(=O)N(C)C)CCCC1)NCC1CCS(=O)(=O)C1.I. The van der Waals surface area contributed by atoms with Gasteiger partial charge in [-0.2, -0.15) is 0 Å². The fourth-order valence-corrected chi connectivity index (χ4v) is 5.67. The zero-order valence-electron chi connectivity index (χ0n) is 16.1. The van der Waals surface area contributed by atoms with Crippen LogP contribution in [0.5, 0.6) is 0 Å². The Kier molecular flexibility index (Phi) is 9.11. The number of nitrogens with zero attached hydrogens (tertiary/aromatic N) is 2. The number of rotatable bonds is 6. The number of carbonyl (C=O) groups excluding carboxylic acids is 1. The van der Waals surface area contributed by atoms with Gasteiger partial charge in [-0.3, -0.25) is 9.79 Å². The molecule has 1 heterocycles. The molecule has 1 saturated heterocycles. The molecular weight excluding hydrogens is 467 g/mol. The number of nitrogens with one attached hydrogen (secondary N) is 2. The zero-order chi connectivity index (χ0) is 18.5. The van der Waals surface area contributed by atoms with Gasteiger partial charge in [0.2, 0.25) is 5.91 Å². The number of carbonyl (C=O) groups is 1. The van der Waals surface area contributed by atoms with E-state index in [9.17, 15) is 13.2 Å². The number of amides is 1. The van der Waals surface area contributed by atoms with Crippen LogP contribution >= 0.6 is 24.0 Å². The second-order valence-electron chi connectivity index (χ2n) is 7.53. The van der Waals surface area contributed by atoms with Crippen molar-refractivity contribution in [2.24, 2.45) is 16.3 Å². The lowest BCUT2D eigenvalue weighted by Gasteiger charge is -2.29. The van der Waals surface area contributed by atoms with Gasteiger partial charge in [-0.25, -0.2) is 8.42 Å². The molecule has 0 radical (unpaired) electrons. The standard InChI is InChI=1S/C17H32N4O3S.HI/c1-4-18-16(19-11-14-7-10-25(23,24)12-14)20-13-17(8-5-6-9-17)15(22)21(2)3;/h14H,4-13H2,1-3H3,(H2,18,19,20);1H. The van der Waals surface area contributed by atoms with Crippen LogP contribution in [0.3, 0.4) is 0 Å². The quantitative estimate of drug-likeness (QED) is 0.326. The maximum absolute atomic E-state index is 12.6. The number of hydrogen-bond donors (Lipinski definition) is 2. The monoisotopic (exact) mass is 500 g/mol. The van der Waals surface area contributed by atoms with E-state index in [1.54, 1.807) is 19.0 Å². The van der Waals surface area contributed by atoms with Gasteiger partial charge < -0.3 is 15.5 Å². The number of guanidine groups is 1. The van der Waals surface area contributed by atoms with Crippen molar-refractivity contribution in [3.63, 3.8) is 0 Å². The van der Waals surface area contributed by atoms with Crippen molar-refractivity contribution in [2.45, 2.75) is 39.0 Å². The minimum atomic E-state index is -2.86. The molecule has 9 heteroatoms. The molecule has 0 spiro atoms. The first-order valence-corrected chi connectivity index (χ1v) is 11.0. The molecule has 2 N–H and O–H groups in total. The second-order valence-corrected chi connectivity index (χ2v) is 9.76.